The molecule has 0 heterocycles. The van der Waals surface area contributed by atoms with Crippen LogP contribution in [0.5, 0.6) is 17.2 Å². The molecule has 0 bridgehead atoms. The zero-order valence-electron chi connectivity index (χ0n) is 13.8. The average molecular weight is 343 g/mol. The number of nitrogens with zero attached hydrogens (tertiary/aromatic N) is 3. The molecule has 2 aromatic rings. The minimum Gasteiger partial charge on any atom is -0.505 e. The minimum absolute atomic E-state index is 0.0489. The van der Waals surface area contributed by atoms with E-state index in [2.05, 4.69) is 16.8 Å². The summed E-state index contributed by atoms with van der Waals surface area (Å²) in [5, 5.41) is 28.8. The number of phenolic OH excluding ortho intramolecular Hbond substituents is 1. The Kier molecular flexibility index (Phi) is 5.67. The number of methoxy groups -OCH3 is 1. The van der Waals surface area contributed by atoms with Crippen molar-refractivity contribution in [2.24, 2.45) is 10.2 Å². The van der Waals surface area contributed by atoms with E-state index in [9.17, 15) is 15.2 Å². The Morgan fingerprint density at radius 3 is 2.44 bits per heavy atom. The molecule has 130 valence electrons. The third kappa shape index (κ3) is 4.77. The van der Waals surface area contributed by atoms with E-state index in [1.807, 2.05) is 6.92 Å². The first-order chi connectivity index (χ1) is 11.9. The summed E-state index contributed by atoms with van der Waals surface area (Å²) in [5.74, 6) is 0.640. The van der Waals surface area contributed by atoms with E-state index in [0.29, 0.717) is 18.1 Å². The van der Waals surface area contributed by atoms with E-state index in [0.717, 1.165) is 5.57 Å². The number of rotatable bonds is 7. The Morgan fingerprint density at radius 1 is 1.20 bits per heavy atom. The van der Waals surface area contributed by atoms with Crippen LogP contribution < -0.4 is 9.47 Å². The fourth-order valence-electron chi connectivity index (χ4n) is 1.85. The van der Waals surface area contributed by atoms with Crippen LogP contribution in [0.15, 0.2) is 58.8 Å². The first kappa shape index (κ1) is 17.9. The normalized spacial score (nSPS) is 10.6. The second-order valence-corrected chi connectivity index (χ2v) is 5.21. The number of ether oxygens (including phenoxy) is 2. The maximum absolute atomic E-state index is 11.1. The molecule has 0 radical (unpaired) electrons. The van der Waals surface area contributed by atoms with Gasteiger partial charge in [0.25, 0.3) is 5.69 Å². The predicted molar refractivity (Wildman–Crippen MR) is 92.2 cm³/mol. The van der Waals surface area contributed by atoms with Gasteiger partial charge < -0.3 is 14.6 Å². The zero-order chi connectivity index (χ0) is 18.4. The van der Waals surface area contributed by atoms with E-state index < -0.39 is 4.92 Å². The zero-order valence-corrected chi connectivity index (χ0v) is 13.8. The number of hydrogen-bond acceptors (Lipinski definition) is 7. The highest BCUT2D eigenvalue weighted by molar-refractivity contribution is 5.61. The molecule has 0 aliphatic carbocycles. The van der Waals surface area contributed by atoms with Gasteiger partial charge in [0.2, 0.25) is 0 Å². The first-order valence-corrected chi connectivity index (χ1v) is 7.25. The van der Waals surface area contributed by atoms with Gasteiger partial charge in [-0.3, -0.25) is 10.1 Å². The summed E-state index contributed by atoms with van der Waals surface area (Å²) in [6.45, 7) is 5.88. The summed E-state index contributed by atoms with van der Waals surface area (Å²) in [5.41, 5.74) is 0.805. The molecule has 8 heteroatoms. The highest BCUT2D eigenvalue weighted by Gasteiger charge is 2.15. The molecule has 0 saturated heterocycles. The van der Waals surface area contributed by atoms with Crippen molar-refractivity contribution in [2.45, 2.75) is 6.92 Å². The number of hydrogen-bond donors (Lipinski definition) is 1. The van der Waals surface area contributed by atoms with Gasteiger partial charge in [0.05, 0.1) is 18.1 Å². The minimum atomic E-state index is -0.578. The maximum atomic E-state index is 11.1. The third-order valence-corrected chi connectivity index (χ3v) is 3.08. The van der Waals surface area contributed by atoms with Crippen LogP contribution >= 0.6 is 0 Å². The highest BCUT2D eigenvalue weighted by Crippen LogP contribution is 2.35. The van der Waals surface area contributed by atoms with Gasteiger partial charge in [-0.15, -0.1) is 10.2 Å². The van der Waals surface area contributed by atoms with E-state index in [-0.39, 0.29) is 22.8 Å². The van der Waals surface area contributed by atoms with E-state index in [1.165, 1.54) is 37.4 Å². The number of azo groups is 1. The lowest BCUT2D eigenvalue weighted by Gasteiger charge is -2.06. The van der Waals surface area contributed by atoms with Crippen LogP contribution in [0.2, 0.25) is 0 Å². The van der Waals surface area contributed by atoms with Gasteiger partial charge in [-0.1, -0.05) is 6.58 Å². The lowest BCUT2D eigenvalue weighted by Crippen LogP contribution is -1.96. The fourth-order valence-corrected chi connectivity index (χ4v) is 1.85. The molecule has 1 N–H and O–H groups in total. The smallest absolute Gasteiger partial charge is 0.300 e. The van der Waals surface area contributed by atoms with Crippen molar-refractivity contribution in [3.05, 3.63) is 58.7 Å². The van der Waals surface area contributed by atoms with Crippen molar-refractivity contribution in [3.63, 3.8) is 0 Å². The fraction of sp³-hybridized carbons (Fsp3) is 0.176. The molecular weight excluding hydrogens is 326 g/mol. The molecule has 0 unspecified atom stereocenters. The summed E-state index contributed by atoms with van der Waals surface area (Å²) in [6, 6.07) is 8.71. The van der Waals surface area contributed by atoms with Gasteiger partial charge in [0, 0.05) is 6.07 Å². The number of phenols is 1. The van der Waals surface area contributed by atoms with Crippen LogP contribution in [0.4, 0.5) is 17.1 Å². The van der Waals surface area contributed by atoms with Crippen LogP contribution in [0.1, 0.15) is 6.92 Å². The Balaban J connectivity index is 2.24. The predicted octanol–water partition coefficient (Wildman–Crippen LogP) is 4.68. The number of aromatic hydroxyl groups is 1. The summed E-state index contributed by atoms with van der Waals surface area (Å²) in [6.07, 6.45) is 0. The van der Waals surface area contributed by atoms with Crippen LogP contribution in [0.3, 0.4) is 0 Å². The van der Waals surface area contributed by atoms with Gasteiger partial charge in [-0.2, -0.15) is 0 Å². The lowest BCUT2D eigenvalue weighted by molar-refractivity contribution is -0.384. The van der Waals surface area contributed by atoms with Crippen LogP contribution in [-0.4, -0.2) is 23.7 Å². The van der Waals surface area contributed by atoms with Crippen molar-refractivity contribution in [2.75, 3.05) is 13.7 Å². The molecule has 2 aromatic carbocycles. The molecule has 0 aliphatic rings. The number of nitro benzene ring substituents is 1. The number of benzene rings is 2. The second-order valence-electron chi connectivity index (χ2n) is 5.21. The van der Waals surface area contributed by atoms with Crippen molar-refractivity contribution in [3.8, 4) is 17.2 Å². The third-order valence-electron chi connectivity index (χ3n) is 3.08. The largest absolute Gasteiger partial charge is 0.505 e. The first-order valence-electron chi connectivity index (χ1n) is 7.25. The molecule has 0 atom stereocenters. The standard InChI is InChI=1S/C17H17N3O5/c1-11(2)10-25-13-5-7-15(17(21)9-13)19-18-14-6-4-12(24-3)8-16(14)20(22)23/h4-9,21H,1,10H2,2-3H3. The Labute approximate surface area is 144 Å². The van der Waals surface area contributed by atoms with E-state index >= 15 is 0 Å². The molecule has 0 aromatic heterocycles. The van der Waals surface area contributed by atoms with Gasteiger partial charge in [-0.05, 0) is 36.8 Å². The van der Waals surface area contributed by atoms with Gasteiger partial charge in [-0.25, -0.2) is 0 Å². The molecule has 0 amide bonds. The summed E-state index contributed by atoms with van der Waals surface area (Å²) in [4.78, 5) is 10.5. The summed E-state index contributed by atoms with van der Waals surface area (Å²) >= 11 is 0. The molecule has 8 nitrogen and oxygen atoms in total. The highest BCUT2D eigenvalue weighted by atomic mass is 16.6. The Hall–Kier alpha value is -3.42. The van der Waals surface area contributed by atoms with Crippen molar-refractivity contribution >= 4 is 17.1 Å². The summed E-state index contributed by atoms with van der Waals surface area (Å²) in [7, 11) is 1.41. The number of nitro groups is 1. The van der Waals surface area contributed by atoms with Crippen LogP contribution in [0, 0.1) is 10.1 Å². The SMILES string of the molecule is C=C(C)COc1ccc(N=Nc2ccc(OC)cc2[N+](=O)[O-])c(O)c1. The van der Waals surface area contributed by atoms with Crippen molar-refractivity contribution in [1.82, 2.24) is 0 Å². The Bertz CT molecular complexity index is 833. The molecule has 0 saturated carbocycles. The molecule has 0 aliphatic heterocycles. The lowest BCUT2D eigenvalue weighted by atomic mass is 10.2. The van der Waals surface area contributed by atoms with Gasteiger partial charge >= 0.3 is 0 Å². The van der Waals surface area contributed by atoms with Crippen LogP contribution in [-0.2, 0) is 0 Å². The van der Waals surface area contributed by atoms with Crippen molar-refractivity contribution in [1.29, 1.82) is 0 Å². The quantitative estimate of drug-likeness (QED) is 0.340. The van der Waals surface area contributed by atoms with Crippen LogP contribution in [0.25, 0.3) is 0 Å². The average Bonchev–Trinajstić information content (AvgIpc) is 2.58. The topological polar surface area (TPSA) is 107 Å². The van der Waals surface area contributed by atoms with E-state index in [4.69, 9.17) is 9.47 Å². The molecular formula is C17H17N3O5. The molecule has 0 spiro atoms. The van der Waals surface area contributed by atoms with Gasteiger partial charge in [0.15, 0.2) is 5.69 Å². The maximum Gasteiger partial charge on any atom is 0.300 e. The molecule has 0 fully saturated rings. The monoisotopic (exact) mass is 343 g/mol. The summed E-state index contributed by atoms with van der Waals surface area (Å²) < 4.78 is 10.4. The Morgan fingerprint density at radius 2 is 1.84 bits per heavy atom. The molecule has 25 heavy (non-hydrogen) atoms. The molecule has 2 rings (SSSR count). The van der Waals surface area contributed by atoms with Gasteiger partial charge in [0.1, 0.15) is 29.5 Å². The second kappa shape index (κ2) is 7.91. The van der Waals surface area contributed by atoms with E-state index in [1.54, 1.807) is 6.07 Å². The van der Waals surface area contributed by atoms with Crippen molar-refractivity contribution < 1.29 is 19.5 Å².